The molecule has 0 aromatic heterocycles. The minimum Gasteiger partial charge on any atom is -0.321 e. The van der Waals surface area contributed by atoms with Gasteiger partial charge in [0.2, 0.25) is 0 Å². The Morgan fingerprint density at radius 2 is 1.74 bits per heavy atom. The first-order chi connectivity index (χ1) is 13.2. The molecule has 0 unspecified atom stereocenters. The van der Waals surface area contributed by atoms with Crippen molar-refractivity contribution in [2.75, 3.05) is 5.32 Å². The van der Waals surface area contributed by atoms with Crippen LogP contribution in [-0.4, -0.2) is 5.91 Å². The molecule has 0 saturated carbocycles. The largest absolute Gasteiger partial charge is 0.321 e. The number of benzene rings is 3. The van der Waals surface area contributed by atoms with Crippen LogP contribution in [0.2, 0.25) is 0 Å². The third-order valence-corrected chi connectivity index (χ3v) is 5.11. The van der Waals surface area contributed by atoms with E-state index in [2.05, 4.69) is 61.6 Å². The van der Waals surface area contributed by atoms with Gasteiger partial charge in [0.05, 0.1) is 0 Å². The Hall–Kier alpha value is -3.13. The molecule has 0 bridgehead atoms. The Bertz CT molecular complexity index is 1030. The van der Waals surface area contributed by atoms with Crippen LogP contribution in [0.3, 0.4) is 0 Å². The van der Waals surface area contributed by atoms with E-state index in [1.54, 1.807) is 0 Å². The number of anilines is 1. The molecule has 0 aliphatic carbocycles. The number of carbonyl (C=O) groups excluding carboxylic acids is 1. The third kappa shape index (κ3) is 3.43. The highest BCUT2D eigenvalue weighted by Crippen LogP contribution is 2.36. The SMILES string of the molecule is CCCc1cc(C=C2C(=O)Nc3cc(-c4ccccc4)ccc32)ccc1C. The van der Waals surface area contributed by atoms with Crippen LogP contribution >= 0.6 is 0 Å². The van der Waals surface area contributed by atoms with E-state index in [-0.39, 0.29) is 5.91 Å². The van der Waals surface area contributed by atoms with Gasteiger partial charge >= 0.3 is 0 Å². The molecule has 2 heteroatoms. The van der Waals surface area contributed by atoms with E-state index < -0.39 is 0 Å². The minimum absolute atomic E-state index is 0.0344. The summed E-state index contributed by atoms with van der Waals surface area (Å²) in [6.07, 6.45) is 4.18. The maximum atomic E-state index is 12.6. The molecule has 2 nitrogen and oxygen atoms in total. The van der Waals surface area contributed by atoms with E-state index in [4.69, 9.17) is 0 Å². The van der Waals surface area contributed by atoms with Crippen molar-refractivity contribution in [3.8, 4) is 11.1 Å². The molecule has 0 saturated heterocycles. The number of nitrogens with one attached hydrogen (secondary N) is 1. The Morgan fingerprint density at radius 1 is 0.926 bits per heavy atom. The van der Waals surface area contributed by atoms with Crippen molar-refractivity contribution in [3.05, 3.63) is 89.0 Å². The molecule has 0 fully saturated rings. The van der Waals surface area contributed by atoms with Crippen LogP contribution in [0.25, 0.3) is 22.8 Å². The fourth-order valence-corrected chi connectivity index (χ4v) is 3.63. The Morgan fingerprint density at radius 3 is 2.52 bits per heavy atom. The molecule has 1 N–H and O–H groups in total. The molecule has 1 aliphatic rings. The van der Waals surface area contributed by atoms with Gasteiger partial charge in [-0.1, -0.05) is 74.0 Å². The van der Waals surface area contributed by atoms with Gasteiger partial charge in [0, 0.05) is 16.8 Å². The zero-order valence-electron chi connectivity index (χ0n) is 15.8. The smallest absolute Gasteiger partial charge is 0.256 e. The summed E-state index contributed by atoms with van der Waals surface area (Å²) in [6.45, 7) is 4.33. The zero-order chi connectivity index (χ0) is 18.8. The van der Waals surface area contributed by atoms with Gasteiger partial charge in [-0.15, -0.1) is 0 Å². The van der Waals surface area contributed by atoms with Crippen LogP contribution in [0.5, 0.6) is 0 Å². The molecule has 4 rings (SSSR count). The lowest BCUT2D eigenvalue weighted by atomic mass is 9.97. The predicted molar refractivity (Wildman–Crippen MR) is 114 cm³/mol. The van der Waals surface area contributed by atoms with Gasteiger partial charge in [0.1, 0.15) is 0 Å². The number of amides is 1. The molecule has 0 radical (unpaired) electrons. The summed E-state index contributed by atoms with van der Waals surface area (Å²) in [6, 6.07) is 22.8. The zero-order valence-corrected chi connectivity index (χ0v) is 15.8. The lowest BCUT2D eigenvalue weighted by molar-refractivity contribution is -0.110. The van der Waals surface area contributed by atoms with Gasteiger partial charge in [-0.25, -0.2) is 0 Å². The second-order valence-corrected chi connectivity index (χ2v) is 7.07. The summed E-state index contributed by atoms with van der Waals surface area (Å²) < 4.78 is 0. The van der Waals surface area contributed by atoms with E-state index in [0.29, 0.717) is 0 Å². The highest BCUT2D eigenvalue weighted by Gasteiger charge is 2.24. The standard InChI is InChI=1S/C25H23NO/c1-3-7-20-14-18(11-10-17(20)2)15-23-22-13-12-21(16-24(22)26-25(23)27)19-8-5-4-6-9-19/h4-6,8-16H,3,7H2,1-2H3,(H,26,27). The first-order valence-electron chi connectivity index (χ1n) is 9.48. The van der Waals surface area contributed by atoms with E-state index >= 15 is 0 Å². The summed E-state index contributed by atoms with van der Waals surface area (Å²) in [5, 5.41) is 3.02. The summed E-state index contributed by atoms with van der Waals surface area (Å²) in [7, 11) is 0. The lowest BCUT2D eigenvalue weighted by Crippen LogP contribution is -2.03. The first-order valence-corrected chi connectivity index (χ1v) is 9.48. The fraction of sp³-hybridized carbons (Fsp3) is 0.160. The van der Waals surface area contributed by atoms with Gasteiger partial charge in [-0.2, -0.15) is 0 Å². The van der Waals surface area contributed by atoms with E-state index in [9.17, 15) is 4.79 Å². The van der Waals surface area contributed by atoms with Crippen LogP contribution in [0.4, 0.5) is 5.69 Å². The third-order valence-electron chi connectivity index (χ3n) is 5.11. The van der Waals surface area contributed by atoms with Gasteiger partial charge in [0.15, 0.2) is 0 Å². The highest BCUT2D eigenvalue weighted by molar-refractivity contribution is 6.35. The van der Waals surface area contributed by atoms with Gasteiger partial charge < -0.3 is 5.32 Å². The average molecular weight is 353 g/mol. The van der Waals surface area contributed by atoms with Crippen LogP contribution < -0.4 is 5.32 Å². The molecule has 3 aromatic rings. The monoisotopic (exact) mass is 353 g/mol. The predicted octanol–water partition coefficient (Wildman–Crippen LogP) is 6.11. The van der Waals surface area contributed by atoms with Gasteiger partial charge in [-0.3, -0.25) is 4.79 Å². The van der Waals surface area contributed by atoms with Gasteiger partial charge in [0.25, 0.3) is 5.91 Å². The summed E-state index contributed by atoms with van der Waals surface area (Å²) in [4.78, 5) is 12.6. The number of hydrogen-bond acceptors (Lipinski definition) is 1. The molecule has 3 aromatic carbocycles. The van der Waals surface area contributed by atoms with Crippen molar-refractivity contribution in [2.45, 2.75) is 26.7 Å². The number of carbonyl (C=O) groups is 1. The minimum atomic E-state index is -0.0344. The topological polar surface area (TPSA) is 29.1 Å². The van der Waals surface area contributed by atoms with Crippen LogP contribution in [0.15, 0.2) is 66.7 Å². The summed E-state index contributed by atoms with van der Waals surface area (Å²) in [5.41, 5.74) is 8.58. The second kappa shape index (κ2) is 7.24. The number of fused-ring (bicyclic) bond motifs is 1. The maximum absolute atomic E-state index is 12.6. The van der Waals surface area contributed by atoms with Crippen molar-refractivity contribution in [3.63, 3.8) is 0 Å². The summed E-state index contributed by atoms with van der Waals surface area (Å²) in [5.74, 6) is -0.0344. The number of aryl methyl sites for hydroxylation is 2. The first kappa shape index (κ1) is 17.3. The molecule has 27 heavy (non-hydrogen) atoms. The summed E-state index contributed by atoms with van der Waals surface area (Å²) >= 11 is 0. The average Bonchev–Trinajstić information content (AvgIpc) is 3.00. The van der Waals surface area contributed by atoms with Gasteiger partial charge in [-0.05, 0) is 53.3 Å². The molecule has 0 atom stereocenters. The molecule has 134 valence electrons. The van der Waals surface area contributed by atoms with Crippen molar-refractivity contribution >= 4 is 23.2 Å². The maximum Gasteiger partial charge on any atom is 0.256 e. The number of hydrogen-bond donors (Lipinski definition) is 1. The Labute approximate surface area is 160 Å². The lowest BCUT2D eigenvalue weighted by Gasteiger charge is -2.07. The number of rotatable bonds is 4. The van der Waals surface area contributed by atoms with E-state index in [1.165, 1.54) is 11.1 Å². The molecule has 1 amide bonds. The van der Waals surface area contributed by atoms with E-state index in [0.717, 1.165) is 46.4 Å². The molecule has 1 aliphatic heterocycles. The van der Waals surface area contributed by atoms with Crippen LogP contribution in [-0.2, 0) is 11.2 Å². The second-order valence-electron chi connectivity index (χ2n) is 7.07. The fourth-order valence-electron chi connectivity index (χ4n) is 3.63. The van der Waals surface area contributed by atoms with Crippen LogP contribution in [0, 0.1) is 6.92 Å². The van der Waals surface area contributed by atoms with Crippen LogP contribution in [0.1, 0.15) is 35.6 Å². The van der Waals surface area contributed by atoms with Crippen molar-refractivity contribution < 1.29 is 4.79 Å². The highest BCUT2D eigenvalue weighted by atomic mass is 16.2. The quantitative estimate of drug-likeness (QED) is 0.564. The van der Waals surface area contributed by atoms with E-state index in [1.807, 2.05) is 30.3 Å². The Balaban J connectivity index is 1.72. The molecular weight excluding hydrogens is 330 g/mol. The van der Waals surface area contributed by atoms with Crippen molar-refractivity contribution in [1.82, 2.24) is 0 Å². The Kier molecular flexibility index (Phi) is 4.64. The molecule has 0 spiro atoms. The molecular formula is C25H23NO. The van der Waals surface area contributed by atoms with Crippen molar-refractivity contribution in [2.24, 2.45) is 0 Å². The normalized spacial score (nSPS) is 14.3. The van der Waals surface area contributed by atoms with Crippen molar-refractivity contribution in [1.29, 1.82) is 0 Å². The molecule has 1 heterocycles.